The standard InChI is InChI=1S/C25H17ClN2O6/c26-21-4-2-1-3-17(21)14-34-19-11-9-18(10-12-19)28-23(30)20(22(29)27-25(28)33)13-15-5-7-16(8-6-15)24(31)32/h1-13H,14H2,(H,31,32)(H,27,29,33)/p-1/b20-13+. The molecule has 9 heteroatoms. The summed E-state index contributed by atoms with van der Waals surface area (Å²) in [5.74, 6) is -2.52. The van der Waals surface area contributed by atoms with Crippen LogP contribution in [-0.4, -0.2) is 23.8 Å². The lowest BCUT2D eigenvalue weighted by atomic mass is 10.1. The van der Waals surface area contributed by atoms with Gasteiger partial charge >= 0.3 is 6.03 Å². The molecule has 0 radical (unpaired) electrons. The van der Waals surface area contributed by atoms with E-state index >= 15 is 0 Å². The number of imide groups is 2. The number of carboxylic acid groups (broad SMARTS) is 1. The smallest absolute Gasteiger partial charge is 0.335 e. The van der Waals surface area contributed by atoms with Gasteiger partial charge in [-0.2, -0.15) is 0 Å². The number of carbonyl (C=O) groups is 4. The van der Waals surface area contributed by atoms with E-state index in [0.29, 0.717) is 16.3 Å². The van der Waals surface area contributed by atoms with Crippen molar-refractivity contribution in [3.8, 4) is 5.75 Å². The summed E-state index contributed by atoms with van der Waals surface area (Å²) in [4.78, 5) is 49.4. The molecule has 1 saturated heterocycles. The molecule has 1 aliphatic rings. The molecule has 3 aromatic rings. The Balaban J connectivity index is 1.53. The molecule has 34 heavy (non-hydrogen) atoms. The van der Waals surface area contributed by atoms with Gasteiger partial charge in [-0.15, -0.1) is 0 Å². The van der Waals surface area contributed by atoms with Crippen molar-refractivity contribution in [2.45, 2.75) is 6.61 Å². The lowest BCUT2D eigenvalue weighted by Gasteiger charge is -2.26. The van der Waals surface area contributed by atoms with Gasteiger partial charge in [0.15, 0.2) is 0 Å². The molecule has 0 bridgehead atoms. The van der Waals surface area contributed by atoms with E-state index in [2.05, 4.69) is 5.32 Å². The topological polar surface area (TPSA) is 116 Å². The number of nitrogens with one attached hydrogen (secondary N) is 1. The van der Waals surface area contributed by atoms with Crippen LogP contribution in [0.25, 0.3) is 6.08 Å². The van der Waals surface area contributed by atoms with Crippen molar-refractivity contribution in [2.75, 3.05) is 4.90 Å². The number of aromatic carboxylic acids is 1. The maximum Gasteiger partial charge on any atom is 0.335 e. The number of ether oxygens (including phenoxy) is 1. The zero-order valence-electron chi connectivity index (χ0n) is 17.5. The second kappa shape index (κ2) is 9.60. The number of carboxylic acids is 1. The minimum absolute atomic E-state index is 0.0461. The molecule has 1 heterocycles. The Labute approximate surface area is 199 Å². The lowest BCUT2D eigenvalue weighted by Crippen LogP contribution is -2.54. The van der Waals surface area contributed by atoms with Gasteiger partial charge in [0.2, 0.25) is 0 Å². The van der Waals surface area contributed by atoms with Crippen LogP contribution in [0.2, 0.25) is 5.02 Å². The van der Waals surface area contributed by atoms with Crippen molar-refractivity contribution in [2.24, 2.45) is 0 Å². The van der Waals surface area contributed by atoms with Crippen LogP contribution >= 0.6 is 11.6 Å². The first-order chi connectivity index (χ1) is 16.3. The maximum atomic E-state index is 13.0. The summed E-state index contributed by atoms with van der Waals surface area (Å²) in [6.45, 7) is 0.236. The maximum absolute atomic E-state index is 13.0. The third kappa shape index (κ3) is 4.82. The predicted molar refractivity (Wildman–Crippen MR) is 122 cm³/mol. The quantitative estimate of drug-likeness (QED) is 0.433. The molecule has 3 aromatic carbocycles. The number of benzene rings is 3. The number of anilines is 1. The third-order valence-electron chi connectivity index (χ3n) is 5.01. The SMILES string of the molecule is O=C1NC(=O)N(c2ccc(OCc3ccccc3Cl)cc2)C(=O)/C1=C/c1ccc(C(=O)[O-])cc1. The van der Waals surface area contributed by atoms with Crippen molar-refractivity contribution in [1.29, 1.82) is 0 Å². The molecular formula is C25H16ClN2O6-. The van der Waals surface area contributed by atoms with E-state index in [1.165, 1.54) is 42.5 Å². The summed E-state index contributed by atoms with van der Waals surface area (Å²) in [6, 6.07) is 18.0. The molecular weight excluding hydrogens is 460 g/mol. The molecule has 4 rings (SSSR count). The molecule has 8 nitrogen and oxygen atoms in total. The van der Waals surface area contributed by atoms with Crippen LogP contribution in [-0.2, 0) is 16.2 Å². The highest BCUT2D eigenvalue weighted by molar-refractivity contribution is 6.39. The number of carbonyl (C=O) groups excluding carboxylic acids is 4. The molecule has 170 valence electrons. The zero-order valence-corrected chi connectivity index (χ0v) is 18.2. The van der Waals surface area contributed by atoms with Crippen LogP contribution in [0, 0.1) is 0 Å². The van der Waals surface area contributed by atoms with Crippen LogP contribution in [0.5, 0.6) is 5.75 Å². The van der Waals surface area contributed by atoms with Gasteiger partial charge in [-0.1, -0.05) is 54.1 Å². The van der Waals surface area contributed by atoms with E-state index in [0.717, 1.165) is 10.5 Å². The number of urea groups is 1. The number of nitrogens with zero attached hydrogens (tertiary/aromatic N) is 1. The van der Waals surface area contributed by atoms with Gasteiger partial charge in [-0.05, 0) is 47.5 Å². The Morgan fingerprint density at radius 2 is 1.65 bits per heavy atom. The van der Waals surface area contributed by atoms with Gasteiger partial charge in [0.1, 0.15) is 17.9 Å². The summed E-state index contributed by atoms with van der Waals surface area (Å²) in [5.41, 5.74) is 1.12. The Kier molecular flexibility index (Phi) is 6.42. The van der Waals surface area contributed by atoms with Gasteiger partial charge in [-0.3, -0.25) is 14.9 Å². The van der Waals surface area contributed by atoms with Crippen LogP contribution in [0.3, 0.4) is 0 Å². The van der Waals surface area contributed by atoms with E-state index in [1.807, 2.05) is 18.2 Å². The van der Waals surface area contributed by atoms with Crippen molar-refractivity contribution < 1.29 is 29.0 Å². The number of hydrogen-bond donors (Lipinski definition) is 1. The van der Waals surface area contributed by atoms with Crippen LogP contribution in [0.1, 0.15) is 21.5 Å². The van der Waals surface area contributed by atoms with E-state index in [9.17, 15) is 24.3 Å². The molecule has 0 spiro atoms. The van der Waals surface area contributed by atoms with E-state index < -0.39 is 23.8 Å². The van der Waals surface area contributed by atoms with Crippen molar-refractivity contribution in [3.05, 3.63) is 100 Å². The molecule has 1 fully saturated rings. The summed E-state index contributed by atoms with van der Waals surface area (Å²) in [7, 11) is 0. The monoisotopic (exact) mass is 475 g/mol. The normalized spacial score (nSPS) is 14.8. The lowest BCUT2D eigenvalue weighted by molar-refractivity contribution is -0.255. The first-order valence-corrected chi connectivity index (χ1v) is 10.4. The number of barbiturate groups is 1. The average molecular weight is 476 g/mol. The molecule has 0 atom stereocenters. The Morgan fingerprint density at radius 1 is 0.971 bits per heavy atom. The van der Waals surface area contributed by atoms with Crippen molar-refractivity contribution in [3.63, 3.8) is 0 Å². The second-order valence-corrected chi connectivity index (χ2v) is 7.65. The predicted octanol–water partition coefficient (Wildman–Crippen LogP) is 2.95. The number of hydrogen-bond acceptors (Lipinski definition) is 6. The van der Waals surface area contributed by atoms with E-state index in [1.54, 1.807) is 18.2 Å². The van der Waals surface area contributed by atoms with E-state index in [4.69, 9.17) is 16.3 Å². The van der Waals surface area contributed by atoms with Gasteiger partial charge in [0.25, 0.3) is 11.8 Å². The zero-order chi connectivity index (χ0) is 24.2. The summed E-state index contributed by atoms with van der Waals surface area (Å²) in [5, 5.41) is 13.6. The molecule has 0 saturated carbocycles. The minimum atomic E-state index is -1.35. The van der Waals surface area contributed by atoms with Crippen LogP contribution < -0.4 is 20.1 Å². The molecule has 4 amide bonds. The Morgan fingerprint density at radius 3 is 2.29 bits per heavy atom. The first-order valence-electron chi connectivity index (χ1n) is 10.0. The minimum Gasteiger partial charge on any atom is -0.545 e. The largest absolute Gasteiger partial charge is 0.545 e. The fraction of sp³-hybridized carbons (Fsp3) is 0.0400. The summed E-state index contributed by atoms with van der Waals surface area (Å²) in [6.07, 6.45) is 1.28. The van der Waals surface area contributed by atoms with Crippen molar-refractivity contribution in [1.82, 2.24) is 5.32 Å². The average Bonchev–Trinajstić information content (AvgIpc) is 2.82. The fourth-order valence-electron chi connectivity index (χ4n) is 3.24. The van der Waals surface area contributed by atoms with Gasteiger partial charge in [-0.25, -0.2) is 9.69 Å². The van der Waals surface area contributed by atoms with Gasteiger partial charge < -0.3 is 14.6 Å². The number of rotatable bonds is 6. The molecule has 1 N–H and O–H groups in total. The first kappa shape index (κ1) is 22.8. The Hall–Kier alpha value is -4.43. The molecule has 0 unspecified atom stereocenters. The molecule has 0 aromatic heterocycles. The van der Waals surface area contributed by atoms with Crippen LogP contribution in [0.15, 0.2) is 78.4 Å². The van der Waals surface area contributed by atoms with Crippen LogP contribution in [0.4, 0.5) is 10.5 Å². The fourth-order valence-corrected chi connectivity index (χ4v) is 3.43. The summed E-state index contributed by atoms with van der Waals surface area (Å²) < 4.78 is 5.71. The van der Waals surface area contributed by atoms with Gasteiger partial charge in [0.05, 0.1) is 11.7 Å². The molecule has 0 aliphatic carbocycles. The highest BCUT2D eigenvalue weighted by Crippen LogP contribution is 2.25. The number of amides is 4. The number of halogens is 1. The highest BCUT2D eigenvalue weighted by atomic mass is 35.5. The highest BCUT2D eigenvalue weighted by Gasteiger charge is 2.36. The Bertz CT molecular complexity index is 1320. The third-order valence-corrected chi connectivity index (χ3v) is 5.37. The van der Waals surface area contributed by atoms with E-state index in [-0.39, 0.29) is 23.4 Å². The van der Waals surface area contributed by atoms with Gasteiger partial charge in [0, 0.05) is 10.6 Å². The van der Waals surface area contributed by atoms with Crippen molar-refractivity contribution >= 4 is 47.2 Å². The second-order valence-electron chi connectivity index (χ2n) is 7.24. The molecule has 1 aliphatic heterocycles. The summed E-state index contributed by atoms with van der Waals surface area (Å²) >= 11 is 6.12.